The van der Waals surface area contributed by atoms with Crippen LogP contribution in [0.1, 0.15) is 39.2 Å². The van der Waals surface area contributed by atoms with Crippen molar-refractivity contribution < 1.29 is 13.2 Å². The van der Waals surface area contributed by atoms with E-state index in [1.807, 2.05) is 54.6 Å². The number of piperidine rings is 1. The molecule has 0 bridgehead atoms. The molecule has 0 atom stereocenters. The largest absolute Gasteiger partial charge is 0.369 e. The SMILES string of the molecule is CCN(c1ccc(NC(=O)C2CCN(S(=O)(=O)/C=C/c3ccccc3)CC2)cc1)C(C)C. The van der Waals surface area contributed by atoms with Crippen LogP contribution in [0.15, 0.2) is 60.0 Å². The van der Waals surface area contributed by atoms with Crippen molar-refractivity contribution >= 4 is 33.4 Å². The van der Waals surface area contributed by atoms with Gasteiger partial charge in [0.1, 0.15) is 0 Å². The van der Waals surface area contributed by atoms with Crippen LogP contribution in [0.5, 0.6) is 0 Å². The zero-order chi connectivity index (χ0) is 23.1. The third kappa shape index (κ3) is 6.20. The Morgan fingerprint density at radius 2 is 1.72 bits per heavy atom. The molecular weight excluding hydrogens is 422 g/mol. The number of nitrogens with one attached hydrogen (secondary N) is 1. The molecule has 6 nitrogen and oxygen atoms in total. The molecule has 2 aromatic rings. The lowest BCUT2D eigenvalue weighted by atomic mass is 9.97. The average Bonchev–Trinajstić information content (AvgIpc) is 2.80. The van der Waals surface area contributed by atoms with Crippen molar-refractivity contribution in [2.45, 2.75) is 39.7 Å². The van der Waals surface area contributed by atoms with E-state index in [4.69, 9.17) is 0 Å². The monoisotopic (exact) mass is 455 g/mol. The number of carbonyl (C=O) groups is 1. The van der Waals surface area contributed by atoms with Crippen LogP contribution in [0.2, 0.25) is 0 Å². The first-order valence-electron chi connectivity index (χ1n) is 11.2. The highest BCUT2D eigenvalue weighted by molar-refractivity contribution is 7.92. The molecule has 32 heavy (non-hydrogen) atoms. The van der Waals surface area contributed by atoms with Gasteiger partial charge in [-0.05, 0) is 69.5 Å². The van der Waals surface area contributed by atoms with E-state index in [9.17, 15) is 13.2 Å². The Labute approximate surface area is 192 Å². The molecule has 0 saturated carbocycles. The van der Waals surface area contributed by atoms with Crippen molar-refractivity contribution in [2.75, 3.05) is 29.9 Å². The van der Waals surface area contributed by atoms with Gasteiger partial charge >= 0.3 is 0 Å². The first-order chi connectivity index (χ1) is 15.3. The Hall–Kier alpha value is -2.64. The number of amides is 1. The third-order valence-electron chi connectivity index (χ3n) is 5.85. The minimum atomic E-state index is -3.50. The Bertz CT molecular complexity index is 1010. The molecule has 0 unspecified atom stereocenters. The molecule has 1 amide bonds. The van der Waals surface area contributed by atoms with Crippen LogP contribution in [-0.2, 0) is 14.8 Å². The summed E-state index contributed by atoms with van der Waals surface area (Å²) in [5.41, 5.74) is 2.73. The predicted octanol–water partition coefficient (Wildman–Crippen LogP) is 4.57. The minimum Gasteiger partial charge on any atom is -0.369 e. The number of sulfonamides is 1. The maximum absolute atomic E-state index is 12.7. The number of hydrogen-bond acceptors (Lipinski definition) is 4. The first kappa shape index (κ1) is 24.0. The second-order valence-corrected chi connectivity index (χ2v) is 10.2. The summed E-state index contributed by atoms with van der Waals surface area (Å²) in [6.45, 7) is 8.05. The van der Waals surface area contributed by atoms with Crippen LogP contribution in [-0.4, -0.2) is 44.3 Å². The molecule has 1 N–H and O–H groups in total. The Morgan fingerprint density at radius 3 is 2.28 bits per heavy atom. The van der Waals surface area contributed by atoms with Gasteiger partial charge in [-0.1, -0.05) is 30.3 Å². The molecule has 1 saturated heterocycles. The van der Waals surface area contributed by atoms with Crippen molar-refractivity contribution in [3.63, 3.8) is 0 Å². The van der Waals surface area contributed by atoms with Crippen LogP contribution < -0.4 is 10.2 Å². The second kappa shape index (κ2) is 10.8. The Morgan fingerprint density at radius 1 is 1.09 bits per heavy atom. The van der Waals surface area contributed by atoms with E-state index in [-0.39, 0.29) is 11.8 Å². The lowest BCUT2D eigenvalue weighted by Gasteiger charge is -2.30. The van der Waals surface area contributed by atoms with Crippen molar-refractivity contribution in [1.82, 2.24) is 4.31 Å². The second-order valence-electron chi connectivity index (χ2n) is 8.35. The maximum atomic E-state index is 12.7. The van der Waals surface area contributed by atoms with Gasteiger partial charge in [-0.3, -0.25) is 4.79 Å². The van der Waals surface area contributed by atoms with Crippen LogP contribution in [0.3, 0.4) is 0 Å². The lowest BCUT2D eigenvalue weighted by molar-refractivity contribution is -0.120. The summed E-state index contributed by atoms with van der Waals surface area (Å²) in [5.74, 6) is -0.243. The molecule has 2 aromatic carbocycles. The van der Waals surface area contributed by atoms with Gasteiger partial charge in [0.25, 0.3) is 0 Å². The number of rotatable bonds is 8. The van der Waals surface area contributed by atoms with Gasteiger partial charge in [-0.2, -0.15) is 4.31 Å². The first-order valence-corrected chi connectivity index (χ1v) is 12.7. The van der Waals surface area contributed by atoms with Crippen molar-refractivity contribution in [3.05, 3.63) is 65.6 Å². The molecule has 172 valence electrons. The van der Waals surface area contributed by atoms with Gasteiger partial charge in [-0.25, -0.2) is 8.42 Å². The number of carbonyl (C=O) groups excluding carboxylic acids is 1. The summed E-state index contributed by atoms with van der Waals surface area (Å²) in [5, 5.41) is 4.24. The fraction of sp³-hybridized carbons (Fsp3) is 0.400. The molecule has 0 spiro atoms. The standard InChI is InChI=1S/C25H33N3O3S/c1-4-28(20(2)3)24-12-10-23(11-13-24)26-25(29)22-14-17-27(18-15-22)32(30,31)19-16-21-8-6-5-7-9-21/h5-13,16,19-20,22H,4,14-15,17-18H2,1-3H3,(H,26,29)/b19-16+. The average molecular weight is 456 g/mol. The fourth-order valence-corrected chi connectivity index (χ4v) is 5.23. The highest BCUT2D eigenvalue weighted by Crippen LogP contribution is 2.24. The number of nitrogens with zero attached hydrogens (tertiary/aromatic N) is 2. The molecule has 1 fully saturated rings. The van der Waals surface area contributed by atoms with Crippen LogP contribution in [0.25, 0.3) is 6.08 Å². The summed E-state index contributed by atoms with van der Waals surface area (Å²) in [4.78, 5) is 15.0. The van der Waals surface area contributed by atoms with Gasteiger partial charge in [0.05, 0.1) is 0 Å². The van der Waals surface area contributed by atoms with E-state index in [1.165, 1.54) is 9.71 Å². The van der Waals surface area contributed by atoms with Crippen molar-refractivity contribution in [1.29, 1.82) is 0 Å². The van der Waals surface area contributed by atoms with Gasteiger partial charge < -0.3 is 10.2 Å². The van der Waals surface area contributed by atoms with E-state index in [1.54, 1.807) is 6.08 Å². The quantitative estimate of drug-likeness (QED) is 0.633. The van der Waals surface area contributed by atoms with Gasteiger partial charge in [-0.15, -0.1) is 0 Å². The Kier molecular flexibility index (Phi) is 8.10. The van der Waals surface area contributed by atoms with Crippen molar-refractivity contribution in [3.8, 4) is 0 Å². The van der Waals surface area contributed by atoms with Gasteiger partial charge in [0, 0.05) is 48.4 Å². The summed E-state index contributed by atoms with van der Waals surface area (Å²) < 4.78 is 26.7. The van der Waals surface area contributed by atoms with E-state index in [0.29, 0.717) is 32.0 Å². The zero-order valence-electron chi connectivity index (χ0n) is 19.1. The molecule has 0 aliphatic carbocycles. The van der Waals surface area contributed by atoms with Gasteiger partial charge in [0.2, 0.25) is 15.9 Å². The van der Waals surface area contributed by atoms with E-state index >= 15 is 0 Å². The number of hydrogen-bond donors (Lipinski definition) is 1. The van der Waals surface area contributed by atoms with Gasteiger partial charge in [0.15, 0.2) is 0 Å². The fourth-order valence-electron chi connectivity index (χ4n) is 4.01. The smallest absolute Gasteiger partial charge is 0.236 e. The highest BCUT2D eigenvalue weighted by Gasteiger charge is 2.30. The predicted molar refractivity (Wildman–Crippen MR) is 132 cm³/mol. The molecule has 1 aliphatic heterocycles. The summed E-state index contributed by atoms with van der Waals surface area (Å²) in [6.07, 6.45) is 2.63. The topological polar surface area (TPSA) is 69.7 Å². The summed E-state index contributed by atoms with van der Waals surface area (Å²) >= 11 is 0. The summed E-state index contributed by atoms with van der Waals surface area (Å²) in [6, 6.07) is 17.6. The van der Waals surface area contributed by atoms with Crippen molar-refractivity contribution in [2.24, 2.45) is 5.92 Å². The Balaban J connectivity index is 1.53. The normalized spacial score (nSPS) is 15.9. The third-order valence-corrected chi connectivity index (χ3v) is 7.41. The summed E-state index contributed by atoms with van der Waals surface area (Å²) in [7, 11) is -3.50. The molecular formula is C25H33N3O3S. The van der Waals surface area contributed by atoms with E-state index < -0.39 is 10.0 Å². The number of benzene rings is 2. The number of anilines is 2. The lowest BCUT2D eigenvalue weighted by Crippen LogP contribution is -2.40. The molecule has 7 heteroatoms. The molecule has 0 aromatic heterocycles. The maximum Gasteiger partial charge on any atom is 0.236 e. The van der Waals surface area contributed by atoms with Crippen LogP contribution >= 0.6 is 0 Å². The molecule has 1 heterocycles. The van der Waals surface area contributed by atoms with Crippen LogP contribution in [0.4, 0.5) is 11.4 Å². The molecule has 0 radical (unpaired) electrons. The molecule has 3 rings (SSSR count). The zero-order valence-corrected chi connectivity index (χ0v) is 19.9. The molecule has 1 aliphatic rings. The van der Waals surface area contributed by atoms with Crippen LogP contribution in [0, 0.1) is 5.92 Å². The van der Waals surface area contributed by atoms with E-state index in [2.05, 4.69) is 31.0 Å². The minimum absolute atomic E-state index is 0.0502. The highest BCUT2D eigenvalue weighted by atomic mass is 32.2. The van der Waals surface area contributed by atoms with E-state index in [0.717, 1.165) is 23.5 Å².